The van der Waals surface area contributed by atoms with Gasteiger partial charge in [0.05, 0.1) is 6.20 Å². The van der Waals surface area contributed by atoms with Crippen molar-refractivity contribution >= 4 is 0 Å². The molecule has 1 aliphatic rings. The van der Waals surface area contributed by atoms with E-state index < -0.39 is 0 Å². The first-order chi connectivity index (χ1) is 12.3. The molecule has 3 aromatic rings. The molecule has 2 aromatic heterocycles. The molecule has 3 heterocycles. The van der Waals surface area contributed by atoms with Crippen molar-refractivity contribution < 1.29 is 0 Å². The Morgan fingerprint density at radius 1 is 1.16 bits per heavy atom. The Hall–Kier alpha value is -2.46. The average molecular weight is 332 g/mol. The quantitative estimate of drug-likeness (QED) is 0.780. The number of likely N-dealkylation sites (tertiary alicyclic amines) is 1. The van der Waals surface area contributed by atoms with Gasteiger partial charge in [-0.1, -0.05) is 35.9 Å². The zero-order valence-electron chi connectivity index (χ0n) is 14.7. The van der Waals surface area contributed by atoms with E-state index in [0.717, 1.165) is 19.6 Å². The summed E-state index contributed by atoms with van der Waals surface area (Å²) in [4.78, 5) is 6.77. The highest BCUT2D eigenvalue weighted by Crippen LogP contribution is 2.33. The van der Waals surface area contributed by atoms with Gasteiger partial charge in [-0.2, -0.15) is 5.10 Å². The van der Waals surface area contributed by atoms with E-state index in [1.54, 1.807) is 0 Å². The van der Waals surface area contributed by atoms with Crippen LogP contribution in [0.4, 0.5) is 0 Å². The number of piperidine rings is 1. The summed E-state index contributed by atoms with van der Waals surface area (Å²) < 4.78 is 0. The van der Waals surface area contributed by atoms with E-state index >= 15 is 0 Å². The van der Waals surface area contributed by atoms with Crippen LogP contribution >= 0.6 is 0 Å². The van der Waals surface area contributed by atoms with Crippen molar-refractivity contribution in [3.8, 4) is 11.1 Å². The lowest BCUT2D eigenvalue weighted by Gasteiger charge is -2.32. The molecule has 1 fully saturated rings. The summed E-state index contributed by atoms with van der Waals surface area (Å²) in [6, 6.07) is 12.9. The predicted octanol–water partition coefficient (Wildman–Crippen LogP) is 4.16. The zero-order chi connectivity index (χ0) is 17.1. The number of hydrogen-bond donors (Lipinski definition) is 1. The molecule has 1 saturated heterocycles. The van der Waals surface area contributed by atoms with Crippen LogP contribution in [0.5, 0.6) is 0 Å². The monoisotopic (exact) mass is 332 g/mol. The minimum atomic E-state index is 0.504. The van der Waals surface area contributed by atoms with Gasteiger partial charge in [-0.25, -0.2) is 0 Å². The van der Waals surface area contributed by atoms with Crippen LogP contribution < -0.4 is 0 Å². The van der Waals surface area contributed by atoms with Crippen molar-refractivity contribution in [1.82, 2.24) is 20.1 Å². The molecule has 0 bridgehead atoms. The summed E-state index contributed by atoms with van der Waals surface area (Å²) >= 11 is 0. The lowest BCUT2D eigenvalue weighted by molar-refractivity contribution is 0.198. The SMILES string of the molecule is Cc1ccc(-c2cn[nH]c2C2CCCN(Cc3cccnc3)C2)cc1. The van der Waals surface area contributed by atoms with Crippen LogP contribution in [0.15, 0.2) is 55.0 Å². The van der Waals surface area contributed by atoms with Crippen LogP contribution in [0.1, 0.15) is 35.6 Å². The van der Waals surface area contributed by atoms with E-state index in [4.69, 9.17) is 0 Å². The van der Waals surface area contributed by atoms with E-state index in [9.17, 15) is 0 Å². The van der Waals surface area contributed by atoms with E-state index in [2.05, 4.69) is 57.3 Å². The summed E-state index contributed by atoms with van der Waals surface area (Å²) in [6.45, 7) is 5.31. The fourth-order valence-corrected chi connectivity index (χ4v) is 3.76. The van der Waals surface area contributed by atoms with Crippen LogP contribution in [0.25, 0.3) is 11.1 Å². The van der Waals surface area contributed by atoms with Gasteiger partial charge in [0.25, 0.3) is 0 Å². The van der Waals surface area contributed by atoms with E-state index in [0.29, 0.717) is 5.92 Å². The molecule has 0 amide bonds. The maximum absolute atomic E-state index is 4.35. The lowest BCUT2D eigenvalue weighted by Crippen LogP contribution is -2.34. The second-order valence-electron chi connectivity index (χ2n) is 7.00. The molecule has 0 spiro atoms. The Bertz CT molecular complexity index is 807. The highest BCUT2D eigenvalue weighted by atomic mass is 15.2. The second kappa shape index (κ2) is 7.19. The van der Waals surface area contributed by atoms with Gasteiger partial charge in [0.15, 0.2) is 0 Å². The molecular weight excluding hydrogens is 308 g/mol. The molecular formula is C21H24N4. The molecule has 128 valence electrons. The first-order valence-electron chi connectivity index (χ1n) is 9.01. The fraction of sp³-hybridized carbons (Fsp3) is 0.333. The highest BCUT2D eigenvalue weighted by molar-refractivity contribution is 5.66. The number of nitrogens with one attached hydrogen (secondary N) is 1. The molecule has 0 saturated carbocycles. The van der Waals surface area contributed by atoms with Crippen molar-refractivity contribution in [2.75, 3.05) is 13.1 Å². The van der Waals surface area contributed by atoms with Crippen LogP contribution in [-0.2, 0) is 6.54 Å². The number of pyridine rings is 1. The molecule has 1 unspecified atom stereocenters. The maximum Gasteiger partial charge on any atom is 0.0568 e. The first kappa shape index (κ1) is 16.0. The van der Waals surface area contributed by atoms with Gasteiger partial charge < -0.3 is 0 Å². The van der Waals surface area contributed by atoms with Crippen LogP contribution in [0.2, 0.25) is 0 Å². The van der Waals surface area contributed by atoms with Crippen molar-refractivity contribution in [2.24, 2.45) is 0 Å². The van der Waals surface area contributed by atoms with E-state index in [-0.39, 0.29) is 0 Å². The molecule has 1 aliphatic heterocycles. The molecule has 4 rings (SSSR count). The van der Waals surface area contributed by atoms with E-state index in [1.165, 1.54) is 40.8 Å². The zero-order valence-corrected chi connectivity index (χ0v) is 14.7. The summed E-state index contributed by atoms with van der Waals surface area (Å²) in [5.41, 5.74) is 6.34. The molecule has 4 heteroatoms. The Morgan fingerprint density at radius 3 is 2.84 bits per heavy atom. The summed E-state index contributed by atoms with van der Waals surface area (Å²) in [5, 5.41) is 7.64. The van der Waals surface area contributed by atoms with Crippen molar-refractivity contribution in [1.29, 1.82) is 0 Å². The number of benzene rings is 1. The van der Waals surface area contributed by atoms with Crippen LogP contribution in [-0.4, -0.2) is 33.2 Å². The smallest absolute Gasteiger partial charge is 0.0568 e. The van der Waals surface area contributed by atoms with Gasteiger partial charge in [-0.3, -0.25) is 15.0 Å². The standard InChI is InChI=1S/C21H24N4/c1-16-6-8-18(9-7-16)20-13-23-24-21(20)19-5-3-11-25(15-19)14-17-4-2-10-22-12-17/h2,4,6-10,12-13,19H,3,5,11,14-15H2,1H3,(H,23,24). The highest BCUT2D eigenvalue weighted by Gasteiger charge is 2.25. The van der Waals surface area contributed by atoms with Crippen LogP contribution in [0.3, 0.4) is 0 Å². The molecule has 1 N–H and O–H groups in total. The fourth-order valence-electron chi connectivity index (χ4n) is 3.76. The van der Waals surface area contributed by atoms with Gasteiger partial charge in [0, 0.05) is 42.7 Å². The molecule has 1 aromatic carbocycles. The Morgan fingerprint density at radius 2 is 2.04 bits per heavy atom. The van der Waals surface area contributed by atoms with Gasteiger partial charge in [0.2, 0.25) is 0 Å². The van der Waals surface area contributed by atoms with Gasteiger partial charge in [-0.15, -0.1) is 0 Å². The van der Waals surface area contributed by atoms with Gasteiger partial charge in [0.1, 0.15) is 0 Å². The number of aromatic amines is 1. The predicted molar refractivity (Wildman–Crippen MR) is 100 cm³/mol. The Kier molecular flexibility index (Phi) is 4.61. The van der Waals surface area contributed by atoms with E-state index in [1.807, 2.05) is 24.7 Å². The Balaban J connectivity index is 1.52. The minimum absolute atomic E-state index is 0.504. The number of nitrogens with zero attached hydrogens (tertiary/aromatic N) is 3. The second-order valence-corrected chi connectivity index (χ2v) is 7.00. The molecule has 4 nitrogen and oxygen atoms in total. The number of aryl methyl sites for hydroxylation is 1. The summed E-state index contributed by atoms with van der Waals surface area (Å²) in [6.07, 6.45) is 8.21. The molecule has 0 aliphatic carbocycles. The third-order valence-electron chi connectivity index (χ3n) is 5.07. The van der Waals surface area contributed by atoms with Gasteiger partial charge in [-0.05, 0) is 43.5 Å². The lowest BCUT2D eigenvalue weighted by atomic mass is 9.90. The minimum Gasteiger partial charge on any atom is -0.298 e. The number of aromatic nitrogens is 3. The molecule has 1 atom stereocenters. The number of H-pyrrole nitrogens is 1. The summed E-state index contributed by atoms with van der Waals surface area (Å²) in [7, 11) is 0. The first-order valence-corrected chi connectivity index (χ1v) is 9.01. The summed E-state index contributed by atoms with van der Waals surface area (Å²) in [5.74, 6) is 0.504. The third kappa shape index (κ3) is 3.64. The number of hydrogen-bond acceptors (Lipinski definition) is 3. The molecule has 0 radical (unpaired) electrons. The Labute approximate surface area is 148 Å². The number of rotatable bonds is 4. The van der Waals surface area contributed by atoms with Crippen molar-refractivity contribution in [3.63, 3.8) is 0 Å². The van der Waals surface area contributed by atoms with Crippen LogP contribution in [0, 0.1) is 6.92 Å². The largest absolute Gasteiger partial charge is 0.298 e. The average Bonchev–Trinajstić information content (AvgIpc) is 3.13. The molecule has 25 heavy (non-hydrogen) atoms. The van der Waals surface area contributed by atoms with Crippen molar-refractivity contribution in [2.45, 2.75) is 32.2 Å². The normalized spacial score (nSPS) is 18.4. The third-order valence-corrected chi connectivity index (χ3v) is 5.07. The maximum atomic E-state index is 4.35. The van der Waals surface area contributed by atoms with Gasteiger partial charge >= 0.3 is 0 Å². The van der Waals surface area contributed by atoms with Crippen molar-refractivity contribution in [3.05, 3.63) is 71.8 Å². The topological polar surface area (TPSA) is 44.8 Å².